The summed E-state index contributed by atoms with van der Waals surface area (Å²) in [7, 11) is 0. The molecular formula is C19H25N3OS. The van der Waals surface area contributed by atoms with Gasteiger partial charge < -0.3 is 10.6 Å². The van der Waals surface area contributed by atoms with Crippen molar-refractivity contribution >= 4 is 17.2 Å². The van der Waals surface area contributed by atoms with Crippen molar-refractivity contribution in [3.8, 4) is 0 Å². The van der Waals surface area contributed by atoms with Crippen LogP contribution in [0.25, 0.3) is 0 Å². The predicted molar refractivity (Wildman–Crippen MR) is 98.0 cm³/mol. The summed E-state index contributed by atoms with van der Waals surface area (Å²) in [5, 5.41) is 3.08. The fourth-order valence-electron chi connectivity index (χ4n) is 3.34. The number of carbonyl (C=O) groups excluding carboxylic acids is 1. The van der Waals surface area contributed by atoms with Crippen LogP contribution in [-0.4, -0.2) is 34.9 Å². The van der Waals surface area contributed by atoms with Gasteiger partial charge in [-0.15, -0.1) is 11.3 Å². The molecule has 5 heteroatoms. The standard InChI is InChI=1S/C19H25N3OS/c1-14-7-8-22(17(9-14)12-20)19(23)11-16-13-24-18(21-16)10-15-5-3-2-4-6-15/h2-6,13-14,17H,7-12,20H2,1H3/t14-,17+/m1/s1. The number of nitrogens with zero attached hydrogens (tertiary/aromatic N) is 2. The highest BCUT2D eigenvalue weighted by molar-refractivity contribution is 7.09. The zero-order chi connectivity index (χ0) is 16.9. The van der Waals surface area contributed by atoms with Crippen LogP contribution in [0.3, 0.4) is 0 Å². The Morgan fingerprint density at radius 1 is 1.38 bits per heavy atom. The Balaban J connectivity index is 1.60. The first-order valence-electron chi connectivity index (χ1n) is 8.62. The second-order valence-electron chi connectivity index (χ2n) is 6.68. The third kappa shape index (κ3) is 4.22. The molecule has 0 bridgehead atoms. The van der Waals surface area contributed by atoms with Crippen molar-refractivity contribution in [1.82, 2.24) is 9.88 Å². The normalized spacial score (nSPS) is 21.0. The molecule has 0 aliphatic carbocycles. The number of hydrogen-bond donors (Lipinski definition) is 1. The minimum atomic E-state index is 0.161. The van der Waals surface area contributed by atoms with Crippen molar-refractivity contribution < 1.29 is 4.79 Å². The molecule has 2 aromatic rings. The van der Waals surface area contributed by atoms with Gasteiger partial charge in [-0.25, -0.2) is 4.98 Å². The minimum absolute atomic E-state index is 0.161. The molecule has 24 heavy (non-hydrogen) atoms. The van der Waals surface area contributed by atoms with Crippen LogP contribution in [0.5, 0.6) is 0 Å². The molecule has 3 rings (SSSR count). The monoisotopic (exact) mass is 343 g/mol. The van der Waals surface area contributed by atoms with Crippen molar-refractivity contribution in [1.29, 1.82) is 0 Å². The number of hydrogen-bond acceptors (Lipinski definition) is 4. The summed E-state index contributed by atoms with van der Waals surface area (Å²) < 4.78 is 0. The molecule has 2 N–H and O–H groups in total. The van der Waals surface area contributed by atoms with E-state index in [-0.39, 0.29) is 11.9 Å². The van der Waals surface area contributed by atoms with Gasteiger partial charge in [0, 0.05) is 30.9 Å². The molecule has 1 amide bonds. The zero-order valence-electron chi connectivity index (χ0n) is 14.1. The number of rotatable bonds is 5. The number of thiazole rings is 1. The molecule has 128 valence electrons. The first-order valence-corrected chi connectivity index (χ1v) is 9.50. The quantitative estimate of drug-likeness (QED) is 0.908. The second-order valence-corrected chi connectivity index (χ2v) is 7.62. The molecule has 0 unspecified atom stereocenters. The van der Waals surface area contributed by atoms with Crippen molar-refractivity contribution in [2.75, 3.05) is 13.1 Å². The summed E-state index contributed by atoms with van der Waals surface area (Å²) in [6, 6.07) is 10.5. The van der Waals surface area contributed by atoms with E-state index in [0.717, 1.165) is 36.5 Å². The average molecular weight is 343 g/mol. The summed E-state index contributed by atoms with van der Waals surface area (Å²) in [4.78, 5) is 19.3. The third-order valence-electron chi connectivity index (χ3n) is 4.70. The SMILES string of the molecule is C[C@@H]1CCN(C(=O)Cc2csc(Cc3ccccc3)n2)[C@H](CN)C1. The molecule has 2 atom stereocenters. The largest absolute Gasteiger partial charge is 0.338 e. The van der Waals surface area contributed by atoms with Gasteiger partial charge in [-0.2, -0.15) is 0 Å². The zero-order valence-corrected chi connectivity index (χ0v) is 15.0. The molecular weight excluding hydrogens is 318 g/mol. The van der Waals surface area contributed by atoms with Crippen molar-refractivity contribution in [2.24, 2.45) is 11.7 Å². The number of likely N-dealkylation sites (tertiary alicyclic amines) is 1. The fourth-order valence-corrected chi connectivity index (χ4v) is 4.17. The van der Waals surface area contributed by atoms with Gasteiger partial charge >= 0.3 is 0 Å². The van der Waals surface area contributed by atoms with Gasteiger partial charge in [0.25, 0.3) is 0 Å². The molecule has 4 nitrogen and oxygen atoms in total. The van der Waals surface area contributed by atoms with Crippen LogP contribution >= 0.6 is 11.3 Å². The summed E-state index contributed by atoms with van der Waals surface area (Å²) in [6.45, 7) is 3.61. The summed E-state index contributed by atoms with van der Waals surface area (Å²) in [5.74, 6) is 0.813. The highest BCUT2D eigenvalue weighted by Gasteiger charge is 2.29. The van der Waals surface area contributed by atoms with Gasteiger partial charge in [-0.1, -0.05) is 37.3 Å². The van der Waals surface area contributed by atoms with E-state index in [0.29, 0.717) is 18.9 Å². The number of amides is 1. The molecule has 1 saturated heterocycles. The van der Waals surface area contributed by atoms with Crippen LogP contribution in [-0.2, 0) is 17.6 Å². The van der Waals surface area contributed by atoms with Crippen LogP contribution in [0, 0.1) is 5.92 Å². The first-order chi connectivity index (χ1) is 11.7. The van der Waals surface area contributed by atoms with Gasteiger partial charge in [-0.3, -0.25) is 4.79 Å². The molecule has 1 aliphatic heterocycles. The Morgan fingerprint density at radius 2 is 2.17 bits per heavy atom. The van der Waals surface area contributed by atoms with Gasteiger partial charge in [-0.05, 0) is 24.3 Å². The molecule has 2 heterocycles. The van der Waals surface area contributed by atoms with Crippen molar-refractivity contribution in [2.45, 2.75) is 38.6 Å². The van der Waals surface area contributed by atoms with Gasteiger partial charge in [0.05, 0.1) is 17.1 Å². The number of aromatic nitrogens is 1. The number of nitrogens with two attached hydrogens (primary N) is 1. The lowest BCUT2D eigenvalue weighted by atomic mass is 9.92. The first kappa shape index (κ1) is 17.1. The number of piperidine rings is 1. The van der Waals surface area contributed by atoms with Gasteiger partial charge in [0.2, 0.25) is 5.91 Å². The Kier molecular flexibility index (Phi) is 5.63. The molecule has 1 fully saturated rings. The fraction of sp³-hybridized carbons (Fsp3) is 0.474. The van der Waals surface area contributed by atoms with E-state index < -0.39 is 0 Å². The topological polar surface area (TPSA) is 59.2 Å². The van der Waals surface area contributed by atoms with Crippen LogP contribution in [0.2, 0.25) is 0 Å². The Labute approximate surface area is 147 Å². The maximum absolute atomic E-state index is 12.6. The second kappa shape index (κ2) is 7.90. The maximum atomic E-state index is 12.6. The molecule has 1 aliphatic rings. The van der Waals surface area contributed by atoms with E-state index in [1.165, 1.54) is 5.56 Å². The molecule has 1 aromatic heterocycles. The van der Waals surface area contributed by atoms with Crippen LogP contribution in [0.4, 0.5) is 0 Å². The average Bonchev–Trinajstić information content (AvgIpc) is 3.02. The van der Waals surface area contributed by atoms with E-state index in [1.54, 1.807) is 11.3 Å². The molecule has 0 radical (unpaired) electrons. The Bertz CT molecular complexity index is 670. The Morgan fingerprint density at radius 3 is 2.92 bits per heavy atom. The predicted octanol–water partition coefficient (Wildman–Crippen LogP) is 2.86. The lowest BCUT2D eigenvalue weighted by Crippen LogP contribution is -2.49. The number of carbonyl (C=O) groups is 1. The highest BCUT2D eigenvalue weighted by atomic mass is 32.1. The molecule has 0 saturated carbocycles. The summed E-state index contributed by atoms with van der Waals surface area (Å²) >= 11 is 1.63. The smallest absolute Gasteiger partial charge is 0.228 e. The van der Waals surface area contributed by atoms with Gasteiger partial charge in [0.15, 0.2) is 0 Å². The minimum Gasteiger partial charge on any atom is -0.338 e. The van der Waals surface area contributed by atoms with E-state index >= 15 is 0 Å². The summed E-state index contributed by atoms with van der Waals surface area (Å²) in [6.07, 6.45) is 3.29. The van der Waals surface area contributed by atoms with Crippen LogP contribution < -0.4 is 5.73 Å². The lowest BCUT2D eigenvalue weighted by Gasteiger charge is -2.38. The maximum Gasteiger partial charge on any atom is 0.228 e. The van der Waals surface area contributed by atoms with E-state index in [9.17, 15) is 4.79 Å². The van der Waals surface area contributed by atoms with Crippen molar-refractivity contribution in [3.05, 3.63) is 52.0 Å². The highest BCUT2D eigenvalue weighted by Crippen LogP contribution is 2.23. The van der Waals surface area contributed by atoms with Crippen molar-refractivity contribution in [3.63, 3.8) is 0 Å². The lowest BCUT2D eigenvalue weighted by molar-refractivity contribution is -0.134. The summed E-state index contributed by atoms with van der Waals surface area (Å²) in [5.41, 5.74) is 8.00. The molecule has 0 spiro atoms. The third-order valence-corrected chi connectivity index (χ3v) is 5.60. The molecule has 1 aromatic carbocycles. The number of benzene rings is 1. The van der Waals surface area contributed by atoms with E-state index in [2.05, 4.69) is 24.0 Å². The van der Waals surface area contributed by atoms with Crippen LogP contribution in [0.1, 0.15) is 36.0 Å². The van der Waals surface area contributed by atoms with E-state index in [4.69, 9.17) is 5.73 Å². The Hall–Kier alpha value is -1.72. The van der Waals surface area contributed by atoms with Gasteiger partial charge in [0.1, 0.15) is 0 Å². The van der Waals surface area contributed by atoms with Crippen LogP contribution in [0.15, 0.2) is 35.7 Å². The van der Waals surface area contributed by atoms with E-state index in [1.807, 2.05) is 28.5 Å².